The molecule has 0 spiro atoms. The highest BCUT2D eigenvalue weighted by molar-refractivity contribution is 7.22. The first kappa shape index (κ1) is 20.9. The fourth-order valence-corrected chi connectivity index (χ4v) is 4.83. The lowest BCUT2D eigenvalue weighted by Crippen LogP contribution is -2.37. The molecule has 0 aliphatic carbocycles. The van der Waals surface area contributed by atoms with Crippen molar-refractivity contribution in [1.82, 2.24) is 4.98 Å². The predicted molar refractivity (Wildman–Crippen MR) is 120 cm³/mol. The lowest BCUT2D eigenvalue weighted by Gasteiger charge is -2.24. The number of benzene rings is 2. The molecule has 3 aromatic rings. The van der Waals surface area contributed by atoms with Gasteiger partial charge in [-0.2, -0.15) is 0 Å². The molecule has 2 aromatic carbocycles. The van der Waals surface area contributed by atoms with Crippen LogP contribution in [0.15, 0.2) is 30.3 Å². The molecule has 1 amide bonds. The largest absolute Gasteiger partial charge is 0.493 e. The number of methoxy groups -OCH3 is 2. The lowest BCUT2D eigenvalue weighted by molar-refractivity contribution is 0.0914. The number of rotatable bonds is 6. The van der Waals surface area contributed by atoms with Gasteiger partial charge in [0.25, 0.3) is 5.91 Å². The number of thiazole rings is 1. The molecule has 1 fully saturated rings. The highest BCUT2D eigenvalue weighted by Gasteiger charge is 2.29. The molecule has 1 aromatic heterocycles. The van der Waals surface area contributed by atoms with E-state index in [1.54, 1.807) is 30.2 Å². The average Bonchev–Trinajstić information content (AvgIpc) is 3.43. The maximum Gasteiger partial charge on any atom is 0.264 e. The minimum Gasteiger partial charge on any atom is -0.493 e. The average molecular weight is 447 g/mol. The molecular weight excluding hydrogens is 424 g/mol. The van der Waals surface area contributed by atoms with Crippen LogP contribution in [0.3, 0.4) is 0 Å². The van der Waals surface area contributed by atoms with E-state index < -0.39 is 0 Å². The summed E-state index contributed by atoms with van der Waals surface area (Å²) in [6.45, 7) is 3.07. The zero-order valence-corrected chi connectivity index (χ0v) is 18.7. The number of ether oxygens (including phenoxy) is 3. The normalized spacial score (nSPS) is 16.1. The van der Waals surface area contributed by atoms with Gasteiger partial charge >= 0.3 is 0 Å². The molecule has 2 heterocycles. The van der Waals surface area contributed by atoms with Crippen LogP contribution in [0, 0.1) is 6.92 Å². The smallest absolute Gasteiger partial charge is 0.264 e. The molecule has 0 radical (unpaired) electrons. The van der Waals surface area contributed by atoms with Crippen molar-refractivity contribution in [3.05, 3.63) is 46.5 Å². The van der Waals surface area contributed by atoms with Crippen LogP contribution in [-0.2, 0) is 4.74 Å². The van der Waals surface area contributed by atoms with E-state index in [1.807, 2.05) is 19.1 Å². The van der Waals surface area contributed by atoms with Gasteiger partial charge in [-0.3, -0.25) is 9.69 Å². The standard InChI is InChI=1S/C22H23ClN2O4S/c1-13-16(23)9-10-18-19(13)24-22(30-18)25(12-14-6-5-11-29-14)21(26)15-7-4-8-17(27-2)20(15)28-3/h4,7-10,14H,5-6,11-12H2,1-3H3. The molecule has 0 N–H and O–H groups in total. The van der Waals surface area contributed by atoms with E-state index in [0.29, 0.717) is 40.4 Å². The van der Waals surface area contributed by atoms with Crippen molar-refractivity contribution in [2.75, 3.05) is 32.3 Å². The Kier molecular flexibility index (Phi) is 6.13. The molecule has 6 nitrogen and oxygen atoms in total. The van der Waals surface area contributed by atoms with Crippen molar-refractivity contribution in [3.63, 3.8) is 0 Å². The SMILES string of the molecule is COc1cccc(C(=O)N(CC2CCCO2)c2nc3c(C)c(Cl)ccc3s2)c1OC. The van der Waals surface area contributed by atoms with Crippen molar-refractivity contribution in [2.45, 2.75) is 25.9 Å². The minimum atomic E-state index is -0.205. The summed E-state index contributed by atoms with van der Waals surface area (Å²) in [6.07, 6.45) is 1.88. The Bertz CT molecular complexity index is 1080. The number of nitrogens with zero attached hydrogens (tertiary/aromatic N) is 2. The summed E-state index contributed by atoms with van der Waals surface area (Å²) in [7, 11) is 3.08. The molecule has 1 aliphatic heterocycles. The van der Waals surface area contributed by atoms with E-state index in [1.165, 1.54) is 18.4 Å². The predicted octanol–water partition coefficient (Wildman–Crippen LogP) is 5.10. The third kappa shape index (κ3) is 3.85. The summed E-state index contributed by atoms with van der Waals surface area (Å²) >= 11 is 7.74. The van der Waals surface area contributed by atoms with Crippen molar-refractivity contribution < 1.29 is 19.0 Å². The Balaban J connectivity index is 1.79. The Morgan fingerprint density at radius 3 is 2.83 bits per heavy atom. The van der Waals surface area contributed by atoms with Crippen molar-refractivity contribution in [1.29, 1.82) is 0 Å². The molecule has 1 unspecified atom stereocenters. The monoisotopic (exact) mass is 446 g/mol. The van der Waals surface area contributed by atoms with E-state index in [9.17, 15) is 4.79 Å². The molecule has 1 atom stereocenters. The second kappa shape index (κ2) is 8.79. The topological polar surface area (TPSA) is 60.9 Å². The van der Waals surface area contributed by atoms with Gasteiger partial charge < -0.3 is 14.2 Å². The highest BCUT2D eigenvalue weighted by Crippen LogP contribution is 2.37. The van der Waals surface area contributed by atoms with E-state index in [2.05, 4.69) is 0 Å². The summed E-state index contributed by atoms with van der Waals surface area (Å²) in [5.74, 6) is 0.707. The van der Waals surface area contributed by atoms with Crippen molar-refractivity contribution in [2.24, 2.45) is 0 Å². The number of para-hydroxylation sites is 1. The van der Waals surface area contributed by atoms with Crippen LogP contribution in [0.1, 0.15) is 28.8 Å². The van der Waals surface area contributed by atoms with Crippen molar-refractivity contribution >= 4 is 44.2 Å². The molecule has 0 saturated carbocycles. The zero-order valence-electron chi connectivity index (χ0n) is 17.1. The molecule has 8 heteroatoms. The molecular formula is C22H23ClN2O4S. The summed E-state index contributed by atoms with van der Waals surface area (Å²) in [5.41, 5.74) is 2.13. The fourth-order valence-electron chi connectivity index (χ4n) is 3.65. The number of hydrogen-bond acceptors (Lipinski definition) is 6. The number of hydrogen-bond donors (Lipinski definition) is 0. The molecule has 1 saturated heterocycles. The van der Waals surface area contributed by atoms with Gasteiger partial charge in [0.1, 0.15) is 0 Å². The number of aryl methyl sites for hydroxylation is 1. The van der Waals surface area contributed by atoms with Gasteiger partial charge in [-0.15, -0.1) is 0 Å². The Hall–Kier alpha value is -2.35. The Morgan fingerprint density at radius 1 is 1.30 bits per heavy atom. The Labute approximate surface area is 184 Å². The van der Waals surface area contributed by atoms with Crippen LogP contribution in [0.25, 0.3) is 10.2 Å². The van der Waals surface area contributed by atoms with Crippen LogP contribution >= 0.6 is 22.9 Å². The van der Waals surface area contributed by atoms with Gasteiger partial charge in [-0.25, -0.2) is 4.98 Å². The minimum absolute atomic E-state index is 0.0257. The second-order valence-electron chi connectivity index (χ2n) is 7.11. The van der Waals surface area contributed by atoms with Gasteiger partial charge in [0, 0.05) is 11.6 Å². The molecule has 4 rings (SSSR count). The number of anilines is 1. The summed E-state index contributed by atoms with van der Waals surface area (Å²) in [4.78, 5) is 20.1. The zero-order chi connectivity index (χ0) is 21.3. The van der Waals surface area contributed by atoms with Crippen LogP contribution in [0.2, 0.25) is 5.02 Å². The number of fused-ring (bicyclic) bond motifs is 1. The van der Waals surface area contributed by atoms with Crippen LogP contribution in [0.5, 0.6) is 11.5 Å². The van der Waals surface area contributed by atoms with Gasteiger partial charge in [0.2, 0.25) is 0 Å². The lowest BCUT2D eigenvalue weighted by atomic mass is 10.1. The third-order valence-electron chi connectivity index (χ3n) is 5.26. The fraction of sp³-hybridized carbons (Fsp3) is 0.364. The molecule has 0 bridgehead atoms. The maximum absolute atomic E-state index is 13.7. The first-order valence-corrected chi connectivity index (χ1v) is 10.9. The van der Waals surface area contributed by atoms with E-state index in [4.69, 9.17) is 30.8 Å². The number of amides is 1. The van der Waals surface area contributed by atoms with Crippen LogP contribution in [0.4, 0.5) is 5.13 Å². The molecule has 30 heavy (non-hydrogen) atoms. The first-order chi connectivity index (χ1) is 14.5. The number of halogens is 1. The quantitative estimate of drug-likeness (QED) is 0.527. The van der Waals surface area contributed by atoms with Gasteiger partial charge in [0.05, 0.1) is 42.6 Å². The summed E-state index contributed by atoms with van der Waals surface area (Å²) in [6, 6.07) is 9.08. The molecule has 1 aliphatic rings. The number of carbonyl (C=O) groups excluding carboxylic acids is 1. The van der Waals surface area contributed by atoms with Crippen LogP contribution < -0.4 is 14.4 Å². The van der Waals surface area contributed by atoms with Gasteiger partial charge in [-0.05, 0) is 49.6 Å². The third-order valence-corrected chi connectivity index (χ3v) is 6.71. The van der Waals surface area contributed by atoms with Crippen molar-refractivity contribution in [3.8, 4) is 11.5 Å². The summed E-state index contributed by atoms with van der Waals surface area (Å²) < 4.78 is 17.7. The summed E-state index contributed by atoms with van der Waals surface area (Å²) in [5, 5.41) is 1.27. The van der Waals surface area contributed by atoms with E-state index in [-0.39, 0.29) is 12.0 Å². The first-order valence-electron chi connectivity index (χ1n) is 9.73. The Morgan fingerprint density at radius 2 is 2.13 bits per heavy atom. The van der Waals surface area contributed by atoms with E-state index in [0.717, 1.165) is 28.6 Å². The van der Waals surface area contributed by atoms with Gasteiger partial charge in [0.15, 0.2) is 16.6 Å². The maximum atomic E-state index is 13.7. The second-order valence-corrected chi connectivity index (χ2v) is 8.52. The highest BCUT2D eigenvalue weighted by atomic mass is 35.5. The molecule has 158 valence electrons. The van der Waals surface area contributed by atoms with Crippen LogP contribution in [-0.4, -0.2) is 44.4 Å². The van der Waals surface area contributed by atoms with E-state index >= 15 is 0 Å². The number of carbonyl (C=O) groups is 1. The number of aromatic nitrogens is 1. The van der Waals surface area contributed by atoms with Gasteiger partial charge in [-0.1, -0.05) is 29.0 Å².